The molecule has 1 N–H and O–H groups in total. The Labute approximate surface area is 114 Å². The van der Waals surface area contributed by atoms with Crippen molar-refractivity contribution in [2.24, 2.45) is 0 Å². The van der Waals surface area contributed by atoms with Crippen LogP contribution in [0.3, 0.4) is 0 Å². The van der Waals surface area contributed by atoms with Crippen molar-refractivity contribution in [3.05, 3.63) is 42.2 Å². The summed E-state index contributed by atoms with van der Waals surface area (Å²) in [6.07, 6.45) is 1.83. The Morgan fingerprint density at radius 3 is 2.79 bits per heavy atom. The standard InChI is InChI=1S/C14H21N5/c1-3-15-9-10-18(2)12-13-11-16-19(17-13)14-7-5-4-6-8-14/h4-8,11,15H,3,9-10,12H2,1-2H3. The summed E-state index contributed by atoms with van der Waals surface area (Å²) in [5, 5.41) is 12.1. The van der Waals surface area contributed by atoms with E-state index in [1.165, 1.54) is 0 Å². The summed E-state index contributed by atoms with van der Waals surface area (Å²) in [4.78, 5) is 3.91. The fourth-order valence-electron chi connectivity index (χ4n) is 1.86. The Kier molecular flexibility index (Phi) is 5.06. The lowest BCUT2D eigenvalue weighted by molar-refractivity contribution is 0.321. The van der Waals surface area contributed by atoms with Crippen LogP contribution in [0, 0.1) is 0 Å². The average molecular weight is 259 g/mol. The van der Waals surface area contributed by atoms with Crippen LogP contribution in [-0.4, -0.2) is 46.6 Å². The van der Waals surface area contributed by atoms with E-state index in [9.17, 15) is 0 Å². The van der Waals surface area contributed by atoms with Crippen molar-refractivity contribution in [1.82, 2.24) is 25.2 Å². The van der Waals surface area contributed by atoms with Gasteiger partial charge >= 0.3 is 0 Å². The third-order valence-corrected chi connectivity index (χ3v) is 2.88. The predicted molar refractivity (Wildman–Crippen MR) is 76.2 cm³/mol. The van der Waals surface area contributed by atoms with E-state index in [2.05, 4.69) is 34.4 Å². The Morgan fingerprint density at radius 2 is 2.05 bits per heavy atom. The highest BCUT2D eigenvalue weighted by atomic mass is 15.5. The molecule has 0 spiro atoms. The van der Waals surface area contributed by atoms with Gasteiger partial charge in [-0.1, -0.05) is 25.1 Å². The molecular formula is C14H21N5. The Balaban J connectivity index is 1.91. The first kappa shape index (κ1) is 13.7. The fourth-order valence-corrected chi connectivity index (χ4v) is 1.86. The van der Waals surface area contributed by atoms with E-state index in [0.717, 1.165) is 37.6 Å². The summed E-state index contributed by atoms with van der Waals surface area (Å²) in [6.45, 7) is 5.95. The Hall–Kier alpha value is -1.72. The van der Waals surface area contributed by atoms with Crippen molar-refractivity contribution >= 4 is 0 Å². The van der Waals surface area contributed by atoms with Crippen molar-refractivity contribution in [3.63, 3.8) is 0 Å². The van der Waals surface area contributed by atoms with Gasteiger partial charge in [0.15, 0.2) is 0 Å². The van der Waals surface area contributed by atoms with Crippen LogP contribution in [0.2, 0.25) is 0 Å². The van der Waals surface area contributed by atoms with Crippen LogP contribution in [0.5, 0.6) is 0 Å². The summed E-state index contributed by atoms with van der Waals surface area (Å²) in [6, 6.07) is 9.96. The van der Waals surface area contributed by atoms with Crippen LogP contribution in [0.4, 0.5) is 0 Å². The zero-order valence-corrected chi connectivity index (χ0v) is 11.6. The fraction of sp³-hybridized carbons (Fsp3) is 0.429. The first-order valence-electron chi connectivity index (χ1n) is 6.65. The van der Waals surface area contributed by atoms with Gasteiger partial charge in [0.05, 0.1) is 17.6 Å². The lowest BCUT2D eigenvalue weighted by Gasteiger charge is -2.14. The molecule has 0 saturated heterocycles. The van der Waals surface area contributed by atoms with Crippen LogP contribution in [0.25, 0.3) is 5.69 Å². The van der Waals surface area contributed by atoms with E-state index in [0.29, 0.717) is 0 Å². The van der Waals surface area contributed by atoms with Gasteiger partial charge < -0.3 is 5.32 Å². The number of para-hydroxylation sites is 1. The van der Waals surface area contributed by atoms with Crippen molar-refractivity contribution in [3.8, 4) is 5.69 Å². The van der Waals surface area contributed by atoms with Crippen molar-refractivity contribution in [2.75, 3.05) is 26.7 Å². The normalized spacial score (nSPS) is 11.1. The van der Waals surface area contributed by atoms with Crippen LogP contribution in [0.1, 0.15) is 12.6 Å². The lowest BCUT2D eigenvalue weighted by Crippen LogP contribution is -2.28. The number of nitrogens with one attached hydrogen (secondary N) is 1. The topological polar surface area (TPSA) is 46.0 Å². The van der Waals surface area contributed by atoms with E-state index in [4.69, 9.17) is 0 Å². The molecule has 0 fully saturated rings. The van der Waals surface area contributed by atoms with Gasteiger partial charge in [0.1, 0.15) is 0 Å². The Morgan fingerprint density at radius 1 is 1.26 bits per heavy atom. The van der Waals surface area contributed by atoms with E-state index >= 15 is 0 Å². The van der Waals surface area contributed by atoms with Crippen LogP contribution in [0.15, 0.2) is 36.5 Å². The molecule has 0 amide bonds. The second-order valence-corrected chi connectivity index (χ2v) is 4.55. The molecule has 0 saturated carbocycles. The predicted octanol–water partition coefficient (Wildman–Crippen LogP) is 1.31. The molecular weight excluding hydrogens is 238 g/mol. The molecule has 1 aromatic heterocycles. The molecule has 19 heavy (non-hydrogen) atoms. The van der Waals surface area contributed by atoms with Crippen LogP contribution in [-0.2, 0) is 6.54 Å². The van der Waals surface area contributed by atoms with Crippen LogP contribution < -0.4 is 5.32 Å². The molecule has 0 aliphatic rings. The molecule has 0 unspecified atom stereocenters. The van der Waals surface area contributed by atoms with Crippen molar-refractivity contribution in [1.29, 1.82) is 0 Å². The second-order valence-electron chi connectivity index (χ2n) is 4.55. The minimum atomic E-state index is 0.818. The highest BCUT2D eigenvalue weighted by molar-refractivity contribution is 5.28. The van der Waals surface area contributed by atoms with E-state index in [-0.39, 0.29) is 0 Å². The monoisotopic (exact) mass is 259 g/mol. The molecule has 0 atom stereocenters. The number of hydrogen-bond donors (Lipinski definition) is 1. The largest absolute Gasteiger partial charge is 0.316 e. The van der Waals surface area contributed by atoms with Crippen molar-refractivity contribution < 1.29 is 0 Å². The average Bonchev–Trinajstić information content (AvgIpc) is 2.88. The second kappa shape index (κ2) is 7.01. The molecule has 102 valence electrons. The molecule has 0 aliphatic carbocycles. The molecule has 1 heterocycles. The van der Waals surface area contributed by atoms with Crippen molar-refractivity contribution in [2.45, 2.75) is 13.5 Å². The summed E-state index contributed by atoms with van der Waals surface area (Å²) >= 11 is 0. The van der Waals surface area contributed by atoms with Gasteiger partial charge in [-0.05, 0) is 25.7 Å². The van der Waals surface area contributed by atoms with E-state index < -0.39 is 0 Å². The Bertz CT molecular complexity index is 480. The SMILES string of the molecule is CCNCCN(C)Cc1cnn(-c2ccccc2)n1. The number of benzene rings is 1. The molecule has 0 radical (unpaired) electrons. The van der Waals surface area contributed by atoms with Gasteiger partial charge in [-0.2, -0.15) is 15.0 Å². The van der Waals surface area contributed by atoms with E-state index in [1.807, 2.05) is 36.5 Å². The maximum absolute atomic E-state index is 4.49. The third kappa shape index (κ3) is 4.15. The van der Waals surface area contributed by atoms with E-state index in [1.54, 1.807) is 4.80 Å². The maximum atomic E-state index is 4.49. The molecule has 2 rings (SSSR count). The molecule has 5 heteroatoms. The summed E-state index contributed by atoms with van der Waals surface area (Å²) in [7, 11) is 2.10. The minimum Gasteiger partial charge on any atom is -0.316 e. The minimum absolute atomic E-state index is 0.818. The number of rotatable bonds is 7. The molecule has 5 nitrogen and oxygen atoms in total. The van der Waals surface area contributed by atoms with Crippen LogP contribution >= 0.6 is 0 Å². The summed E-state index contributed by atoms with van der Waals surface area (Å²) in [5.74, 6) is 0. The molecule has 2 aromatic rings. The number of aromatic nitrogens is 3. The lowest BCUT2D eigenvalue weighted by atomic mass is 10.3. The maximum Gasteiger partial charge on any atom is 0.0971 e. The smallest absolute Gasteiger partial charge is 0.0971 e. The molecule has 0 aliphatic heterocycles. The highest BCUT2D eigenvalue weighted by Gasteiger charge is 2.05. The zero-order valence-electron chi connectivity index (χ0n) is 11.6. The van der Waals surface area contributed by atoms with Gasteiger partial charge in [0.2, 0.25) is 0 Å². The van der Waals surface area contributed by atoms with Gasteiger partial charge in [-0.3, -0.25) is 4.90 Å². The van der Waals surface area contributed by atoms with Gasteiger partial charge in [0.25, 0.3) is 0 Å². The third-order valence-electron chi connectivity index (χ3n) is 2.88. The van der Waals surface area contributed by atoms with Gasteiger partial charge in [-0.25, -0.2) is 0 Å². The van der Waals surface area contributed by atoms with Gasteiger partial charge in [0, 0.05) is 19.6 Å². The first-order valence-corrected chi connectivity index (χ1v) is 6.65. The quantitative estimate of drug-likeness (QED) is 0.762. The van der Waals surface area contributed by atoms with Gasteiger partial charge in [-0.15, -0.1) is 0 Å². The highest BCUT2D eigenvalue weighted by Crippen LogP contribution is 2.05. The summed E-state index contributed by atoms with van der Waals surface area (Å²) in [5.41, 5.74) is 1.98. The number of hydrogen-bond acceptors (Lipinski definition) is 4. The molecule has 1 aromatic carbocycles. The number of likely N-dealkylation sites (N-methyl/N-ethyl adjacent to an activating group) is 2. The number of nitrogens with zero attached hydrogens (tertiary/aromatic N) is 4. The first-order chi connectivity index (χ1) is 9.29. The molecule has 0 bridgehead atoms. The summed E-state index contributed by atoms with van der Waals surface area (Å²) < 4.78 is 0. The zero-order chi connectivity index (χ0) is 13.5.